The van der Waals surface area contributed by atoms with Crippen molar-refractivity contribution in [1.82, 2.24) is 0 Å². The molecule has 0 aromatic carbocycles. The van der Waals surface area contributed by atoms with Crippen molar-refractivity contribution in [2.75, 3.05) is 13.2 Å². The van der Waals surface area contributed by atoms with E-state index in [9.17, 15) is 0 Å². The van der Waals surface area contributed by atoms with Gasteiger partial charge in [-0.2, -0.15) is 0 Å². The summed E-state index contributed by atoms with van der Waals surface area (Å²) in [6.45, 7) is 1.61. The van der Waals surface area contributed by atoms with Crippen molar-refractivity contribution in [3.8, 4) is 24.2 Å². The molecule has 1 unspecified atom stereocenters. The summed E-state index contributed by atoms with van der Waals surface area (Å²) in [5.41, 5.74) is 0. The zero-order valence-corrected chi connectivity index (χ0v) is 9.13. The Kier molecular flexibility index (Phi) is 6.75. The quantitative estimate of drug-likeness (QED) is 0.508. The van der Waals surface area contributed by atoms with Crippen molar-refractivity contribution in [3.63, 3.8) is 0 Å². The zero-order valence-electron chi connectivity index (χ0n) is 9.13. The van der Waals surface area contributed by atoms with Crippen LogP contribution in [-0.4, -0.2) is 19.5 Å². The predicted octanol–water partition coefficient (Wildman–Crippen LogP) is 2.34. The summed E-state index contributed by atoms with van der Waals surface area (Å²) in [5, 5.41) is 0. The number of hydrogen-bond donors (Lipinski definition) is 0. The van der Waals surface area contributed by atoms with Gasteiger partial charge in [0.2, 0.25) is 0 Å². The Labute approximate surface area is 92.3 Å². The van der Waals surface area contributed by atoms with Crippen molar-refractivity contribution in [2.24, 2.45) is 0 Å². The van der Waals surface area contributed by atoms with Gasteiger partial charge in [0, 0.05) is 19.6 Å². The molecule has 1 rings (SSSR count). The first kappa shape index (κ1) is 12.1. The third kappa shape index (κ3) is 6.18. The summed E-state index contributed by atoms with van der Waals surface area (Å²) < 4.78 is 11.0. The largest absolute Gasteiger partial charge is 0.353 e. The lowest BCUT2D eigenvalue weighted by Crippen LogP contribution is -2.22. The van der Waals surface area contributed by atoms with Crippen LogP contribution in [0.15, 0.2) is 0 Å². The van der Waals surface area contributed by atoms with Crippen molar-refractivity contribution in [3.05, 3.63) is 0 Å². The molecular weight excluding hydrogens is 188 g/mol. The van der Waals surface area contributed by atoms with E-state index in [4.69, 9.17) is 15.9 Å². The Morgan fingerprint density at radius 1 is 1.33 bits per heavy atom. The van der Waals surface area contributed by atoms with Gasteiger partial charge in [0.15, 0.2) is 6.29 Å². The summed E-state index contributed by atoms with van der Waals surface area (Å²) in [6.07, 6.45) is 11.4. The molecule has 0 radical (unpaired) electrons. The molecule has 1 saturated heterocycles. The van der Waals surface area contributed by atoms with E-state index in [2.05, 4.69) is 17.8 Å². The van der Waals surface area contributed by atoms with E-state index < -0.39 is 0 Å². The standard InChI is InChI=1S/C13H18O2/c1-2-3-4-5-6-8-11-14-13-10-7-9-12-15-13/h1,13H,5-12H2. The Balaban J connectivity index is 1.90. The van der Waals surface area contributed by atoms with Crippen LogP contribution < -0.4 is 0 Å². The summed E-state index contributed by atoms with van der Waals surface area (Å²) in [4.78, 5) is 0. The first-order valence-corrected chi connectivity index (χ1v) is 5.60. The molecule has 0 aliphatic carbocycles. The van der Waals surface area contributed by atoms with Gasteiger partial charge in [-0.25, -0.2) is 0 Å². The predicted molar refractivity (Wildman–Crippen MR) is 60.0 cm³/mol. The third-order valence-corrected chi connectivity index (χ3v) is 2.30. The Morgan fingerprint density at radius 3 is 3.00 bits per heavy atom. The number of rotatable bonds is 5. The molecule has 1 atom stereocenters. The van der Waals surface area contributed by atoms with Crippen LogP contribution in [0.25, 0.3) is 0 Å². The molecule has 0 N–H and O–H groups in total. The first-order chi connectivity index (χ1) is 7.43. The maximum Gasteiger partial charge on any atom is 0.157 e. The van der Waals surface area contributed by atoms with Gasteiger partial charge in [0.25, 0.3) is 0 Å². The molecule has 2 nitrogen and oxygen atoms in total. The normalized spacial score (nSPS) is 20.1. The van der Waals surface area contributed by atoms with Gasteiger partial charge in [-0.15, -0.1) is 6.42 Å². The van der Waals surface area contributed by atoms with Crippen LogP contribution in [0.3, 0.4) is 0 Å². The lowest BCUT2D eigenvalue weighted by Gasteiger charge is -2.22. The molecule has 1 fully saturated rings. The Bertz CT molecular complexity index is 248. The molecular formula is C13H18O2. The van der Waals surface area contributed by atoms with Gasteiger partial charge >= 0.3 is 0 Å². The van der Waals surface area contributed by atoms with E-state index in [1.54, 1.807) is 0 Å². The van der Waals surface area contributed by atoms with E-state index in [1.807, 2.05) is 0 Å². The molecule has 1 aliphatic rings. The van der Waals surface area contributed by atoms with Crippen molar-refractivity contribution < 1.29 is 9.47 Å². The van der Waals surface area contributed by atoms with Crippen LogP contribution in [-0.2, 0) is 9.47 Å². The lowest BCUT2D eigenvalue weighted by atomic mass is 10.2. The number of unbranched alkanes of at least 4 members (excludes halogenated alkanes) is 2. The van der Waals surface area contributed by atoms with Gasteiger partial charge in [-0.3, -0.25) is 0 Å². The summed E-state index contributed by atoms with van der Waals surface area (Å²) in [5.74, 6) is 7.80. The zero-order chi connectivity index (χ0) is 10.8. The van der Waals surface area contributed by atoms with E-state index in [0.717, 1.165) is 38.9 Å². The van der Waals surface area contributed by atoms with Crippen LogP contribution in [0, 0.1) is 24.2 Å². The fourth-order valence-corrected chi connectivity index (χ4v) is 1.49. The highest BCUT2D eigenvalue weighted by Crippen LogP contribution is 2.13. The van der Waals surface area contributed by atoms with Crippen LogP contribution in [0.2, 0.25) is 0 Å². The summed E-state index contributed by atoms with van der Waals surface area (Å²) >= 11 is 0. The van der Waals surface area contributed by atoms with Gasteiger partial charge in [0.1, 0.15) is 0 Å². The molecule has 0 spiro atoms. The monoisotopic (exact) mass is 206 g/mol. The fraction of sp³-hybridized carbons (Fsp3) is 0.692. The second-order valence-corrected chi connectivity index (χ2v) is 3.57. The molecule has 0 aromatic rings. The molecule has 1 aliphatic heterocycles. The maximum absolute atomic E-state index is 5.58. The smallest absolute Gasteiger partial charge is 0.157 e. The van der Waals surface area contributed by atoms with Crippen LogP contribution in [0.5, 0.6) is 0 Å². The van der Waals surface area contributed by atoms with E-state index in [1.165, 1.54) is 12.8 Å². The van der Waals surface area contributed by atoms with Gasteiger partial charge in [-0.05, 0) is 43.9 Å². The van der Waals surface area contributed by atoms with E-state index in [-0.39, 0.29) is 6.29 Å². The molecule has 0 bridgehead atoms. The second-order valence-electron chi connectivity index (χ2n) is 3.57. The highest BCUT2D eigenvalue weighted by Gasteiger charge is 2.12. The minimum atomic E-state index is 0.0375. The highest BCUT2D eigenvalue weighted by atomic mass is 16.7. The minimum absolute atomic E-state index is 0.0375. The molecule has 0 saturated carbocycles. The second kappa shape index (κ2) is 8.36. The average Bonchev–Trinajstić information content (AvgIpc) is 2.29. The van der Waals surface area contributed by atoms with Gasteiger partial charge in [0.05, 0.1) is 0 Å². The van der Waals surface area contributed by atoms with Gasteiger partial charge < -0.3 is 9.47 Å². The van der Waals surface area contributed by atoms with Crippen molar-refractivity contribution in [2.45, 2.75) is 44.8 Å². The molecule has 1 heterocycles. The third-order valence-electron chi connectivity index (χ3n) is 2.30. The van der Waals surface area contributed by atoms with Gasteiger partial charge in [-0.1, -0.05) is 5.92 Å². The lowest BCUT2D eigenvalue weighted by molar-refractivity contribution is -0.162. The van der Waals surface area contributed by atoms with Crippen molar-refractivity contribution >= 4 is 0 Å². The molecule has 82 valence electrons. The molecule has 15 heavy (non-hydrogen) atoms. The summed E-state index contributed by atoms with van der Waals surface area (Å²) in [6, 6.07) is 0. The van der Waals surface area contributed by atoms with Crippen LogP contribution in [0.1, 0.15) is 38.5 Å². The molecule has 2 heteroatoms. The SMILES string of the molecule is C#CC#CCCCCOC1CCCCO1. The van der Waals surface area contributed by atoms with Crippen LogP contribution in [0.4, 0.5) is 0 Å². The van der Waals surface area contributed by atoms with E-state index >= 15 is 0 Å². The van der Waals surface area contributed by atoms with E-state index in [0.29, 0.717) is 0 Å². The first-order valence-electron chi connectivity index (χ1n) is 5.60. The maximum atomic E-state index is 5.58. The molecule has 0 amide bonds. The van der Waals surface area contributed by atoms with Crippen LogP contribution >= 0.6 is 0 Å². The number of hydrogen-bond acceptors (Lipinski definition) is 2. The average molecular weight is 206 g/mol. The fourth-order valence-electron chi connectivity index (χ4n) is 1.49. The Morgan fingerprint density at radius 2 is 2.27 bits per heavy atom. The van der Waals surface area contributed by atoms with Crippen molar-refractivity contribution in [1.29, 1.82) is 0 Å². The molecule has 0 aromatic heterocycles. The Hall–Kier alpha value is -0.960. The highest BCUT2D eigenvalue weighted by molar-refractivity contribution is 5.21. The number of ether oxygens (including phenoxy) is 2. The number of terminal acetylenes is 1. The summed E-state index contributed by atoms with van der Waals surface area (Å²) in [7, 11) is 0. The minimum Gasteiger partial charge on any atom is -0.353 e. The topological polar surface area (TPSA) is 18.5 Å².